The monoisotopic (exact) mass is 346 g/mol. The van der Waals surface area contributed by atoms with Crippen LogP contribution < -0.4 is 0 Å². The number of rotatable bonds is 17. The van der Waals surface area contributed by atoms with E-state index in [2.05, 4.69) is 13.8 Å². The van der Waals surface area contributed by atoms with Gasteiger partial charge < -0.3 is 18.9 Å². The summed E-state index contributed by atoms with van der Waals surface area (Å²) in [7, 11) is 0. The second kappa shape index (κ2) is 14.1. The molecule has 0 aliphatic rings. The molecule has 0 aliphatic heterocycles. The van der Waals surface area contributed by atoms with Gasteiger partial charge in [0.15, 0.2) is 0 Å². The minimum Gasteiger partial charge on any atom is -0.367 e. The van der Waals surface area contributed by atoms with Crippen molar-refractivity contribution in [3.05, 3.63) is 0 Å². The third-order valence-electron chi connectivity index (χ3n) is 4.49. The summed E-state index contributed by atoms with van der Waals surface area (Å²) in [5.74, 6) is -1.11. The zero-order valence-electron chi connectivity index (χ0n) is 17.1. The molecule has 0 spiro atoms. The summed E-state index contributed by atoms with van der Waals surface area (Å²) < 4.78 is 24.4. The highest BCUT2D eigenvalue weighted by atomic mass is 16.9. The summed E-state index contributed by atoms with van der Waals surface area (Å²) in [5, 5.41) is 0. The van der Waals surface area contributed by atoms with Crippen LogP contribution in [0.15, 0.2) is 0 Å². The smallest absolute Gasteiger partial charge is 0.313 e. The SMILES string of the molecule is CCCCCCCCC(CC)(OCC)C(OCC)(OCC)OCC. The van der Waals surface area contributed by atoms with E-state index in [0.29, 0.717) is 26.4 Å². The van der Waals surface area contributed by atoms with Crippen molar-refractivity contribution in [2.24, 2.45) is 0 Å². The molecule has 1 unspecified atom stereocenters. The first-order chi connectivity index (χ1) is 11.6. The van der Waals surface area contributed by atoms with Crippen LogP contribution in [0.4, 0.5) is 0 Å². The zero-order chi connectivity index (χ0) is 18.3. The molecule has 0 rings (SSSR count). The Hall–Kier alpha value is -0.160. The van der Waals surface area contributed by atoms with Gasteiger partial charge in [0.25, 0.3) is 0 Å². The van der Waals surface area contributed by atoms with Gasteiger partial charge in [-0.2, -0.15) is 0 Å². The third-order valence-corrected chi connectivity index (χ3v) is 4.49. The van der Waals surface area contributed by atoms with E-state index >= 15 is 0 Å². The molecule has 0 saturated heterocycles. The van der Waals surface area contributed by atoms with Crippen LogP contribution in [-0.2, 0) is 18.9 Å². The summed E-state index contributed by atoms with van der Waals surface area (Å²) in [4.78, 5) is 0. The molecule has 0 aromatic carbocycles. The minimum atomic E-state index is -1.11. The Bertz CT molecular complexity index is 266. The van der Waals surface area contributed by atoms with Crippen LogP contribution in [0.25, 0.3) is 0 Å². The van der Waals surface area contributed by atoms with Gasteiger partial charge in [-0.25, -0.2) is 0 Å². The molecule has 0 amide bonds. The molecule has 0 aromatic heterocycles. The highest BCUT2D eigenvalue weighted by Gasteiger charge is 2.55. The van der Waals surface area contributed by atoms with E-state index in [9.17, 15) is 0 Å². The number of hydrogen-bond donors (Lipinski definition) is 0. The lowest BCUT2D eigenvalue weighted by atomic mass is 9.89. The predicted octanol–water partition coefficient (Wildman–Crippen LogP) is 5.69. The van der Waals surface area contributed by atoms with Crippen LogP contribution in [0.3, 0.4) is 0 Å². The van der Waals surface area contributed by atoms with Crippen molar-refractivity contribution in [2.45, 2.75) is 104 Å². The van der Waals surface area contributed by atoms with Gasteiger partial charge in [0, 0.05) is 26.4 Å². The lowest BCUT2D eigenvalue weighted by Crippen LogP contribution is -2.61. The average Bonchev–Trinajstić information content (AvgIpc) is 2.57. The molecule has 4 nitrogen and oxygen atoms in total. The molecule has 1 atom stereocenters. The molecule has 24 heavy (non-hydrogen) atoms. The minimum absolute atomic E-state index is 0.533. The van der Waals surface area contributed by atoms with E-state index in [1.54, 1.807) is 0 Å². The number of hydrogen-bond acceptors (Lipinski definition) is 4. The van der Waals surface area contributed by atoms with Gasteiger partial charge in [0.2, 0.25) is 0 Å². The summed E-state index contributed by atoms with van der Waals surface area (Å²) >= 11 is 0. The average molecular weight is 347 g/mol. The van der Waals surface area contributed by atoms with Crippen LogP contribution in [-0.4, -0.2) is 38.0 Å². The van der Waals surface area contributed by atoms with Gasteiger partial charge in [-0.1, -0.05) is 52.4 Å². The van der Waals surface area contributed by atoms with Gasteiger partial charge in [-0.05, 0) is 40.5 Å². The Morgan fingerprint density at radius 1 is 0.542 bits per heavy atom. The van der Waals surface area contributed by atoms with E-state index in [1.165, 1.54) is 32.1 Å². The van der Waals surface area contributed by atoms with Crippen molar-refractivity contribution < 1.29 is 18.9 Å². The van der Waals surface area contributed by atoms with Crippen molar-refractivity contribution in [3.63, 3.8) is 0 Å². The van der Waals surface area contributed by atoms with Crippen LogP contribution in [0.1, 0.15) is 92.9 Å². The summed E-state index contributed by atoms with van der Waals surface area (Å²) in [5.41, 5.74) is -0.561. The van der Waals surface area contributed by atoms with Crippen LogP contribution in [0.2, 0.25) is 0 Å². The largest absolute Gasteiger partial charge is 0.367 e. The van der Waals surface area contributed by atoms with Crippen LogP contribution >= 0.6 is 0 Å². The Kier molecular flexibility index (Phi) is 14.0. The normalized spacial score (nSPS) is 14.8. The van der Waals surface area contributed by atoms with Crippen molar-refractivity contribution in [3.8, 4) is 0 Å². The zero-order valence-corrected chi connectivity index (χ0v) is 17.1. The quantitative estimate of drug-likeness (QED) is 0.250. The lowest BCUT2D eigenvalue weighted by molar-refractivity contribution is -0.446. The number of ether oxygens (including phenoxy) is 4. The highest BCUT2D eigenvalue weighted by Crippen LogP contribution is 2.40. The van der Waals surface area contributed by atoms with Crippen molar-refractivity contribution in [1.29, 1.82) is 0 Å². The van der Waals surface area contributed by atoms with Crippen molar-refractivity contribution >= 4 is 0 Å². The summed E-state index contributed by atoms with van der Waals surface area (Å²) in [6.07, 6.45) is 9.22. The molecule has 0 aliphatic carbocycles. The van der Waals surface area contributed by atoms with Gasteiger partial charge in [0.1, 0.15) is 5.60 Å². The fourth-order valence-corrected chi connectivity index (χ4v) is 3.37. The van der Waals surface area contributed by atoms with Crippen LogP contribution in [0, 0.1) is 0 Å². The van der Waals surface area contributed by atoms with E-state index in [4.69, 9.17) is 18.9 Å². The first kappa shape index (κ1) is 23.8. The molecule has 0 saturated carbocycles. The van der Waals surface area contributed by atoms with Crippen molar-refractivity contribution in [2.75, 3.05) is 26.4 Å². The van der Waals surface area contributed by atoms with Crippen LogP contribution in [0.5, 0.6) is 0 Å². The molecular formula is C20H42O4. The molecule has 146 valence electrons. The van der Waals surface area contributed by atoms with Crippen molar-refractivity contribution in [1.82, 2.24) is 0 Å². The molecule has 0 aromatic rings. The van der Waals surface area contributed by atoms with Gasteiger partial charge in [0.05, 0.1) is 0 Å². The first-order valence-electron chi connectivity index (χ1n) is 10.2. The third kappa shape index (κ3) is 6.99. The summed E-state index contributed by atoms with van der Waals surface area (Å²) in [6.45, 7) is 14.6. The maximum Gasteiger partial charge on any atom is 0.313 e. The molecular weight excluding hydrogens is 304 g/mol. The fraction of sp³-hybridized carbons (Fsp3) is 1.00. The van der Waals surface area contributed by atoms with Gasteiger partial charge >= 0.3 is 5.97 Å². The molecule has 0 N–H and O–H groups in total. The fourth-order valence-electron chi connectivity index (χ4n) is 3.37. The Morgan fingerprint density at radius 2 is 1.00 bits per heavy atom. The summed E-state index contributed by atoms with van der Waals surface area (Å²) in [6, 6.07) is 0. The second-order valence-electron chi connectivity index (χ2n) is 6.15. The molecule has 0 bridgehead atoms. The Balaban J connectivity index is 5.16. The predicted molar refractivity (Wildman–Crippen MR) is 100 cm³/mol. The molecule has 0 heterocycles. The topological polar surface area (TPSA) is 36.9 Å². The van der Waals surface area contributed by atoms with Gasteiger partial charge in [-0.15, -0.1) is 0 Å². The molecule has 4 heteroatoms. The van der Waals surface area contributed by atoms with E-state index < -0.39 is 11.6 Å². The molecule has 0 fully saturated rings. The lowest BCUT2D eigenvalue weighted by Gasteiger charge is -2.47. The van der Waals surface area contributed by atoms with E-state index in [-0.39, 0.29) is 0 Å². The maximum absolute atomic E-state index is 6.25. The standard InChI is InChI=1S/C20H42O4/c1-7-13-14-15-16-17-18-19(8-2,21-9-3)20(22-10-4,23-11-5)24-12-6/h7-18H2,1-6H3. The van der Waals surface area contributed by atoms with E-state index in [0.717, 1.165) is 19.3 Å². The maximum atomic E-state index is 6.25. The number of unbranched alkanes of at least 4 members (excludes halogenated alkanes) is 5. The first-order valence-corrected chi connectivity index (χ1v) is 10.2. The highest BCUT2D eigenvalue weighted by molar-refractivity contribution is 4.90. The van der Waals surface area contributed by atoms with Gasteiger partial charge in [-0.3, -0.25) is 0 Å². The Morgan fingerprint density at radius 3 is 1.42 bits per heavy atom. The molecule has 0 radical (unpaired) electrons. The van der Waals surface area contributed by atoms with E-state index in [1.807, 2.05) is 27.7 Å². The second-order valence-corrected chi connectivity index (χ2v) is 6.15. The Labute approximate surface area is 150 Å².